The predicted octanol–water partition coefficient (Wildman–Crippen LogP) is 2.01. The van der Waals surface area contributed by atoms with Gasteiger partial charge in [0, 0.05) is 25.0 Å². The Morgan fingerprint density at radius 2 is 2.05 bits per heavy atom. The smallest absolute Gasteiger partial charge is 0.227 e. The maximum atomic E-state index is 5.69. The second-order valence-electron chi connectivity index (χ2n) is 4.27. The lowest BCUT2D eigenvalue weighted by Crippen LogP contribution is -2.08. The summed E-state index contributed by atoms with van der Waals surface area (Å²) in [5, 5.41) is 0.919. The quantitative estimate of drug-likeness (QED) is 0.751. The molecule has 0 aliphatic rings. The van der Waals surface area contributed by atoms with Crippen LogP contribution in [0.25, 0.3) is 10.2 Å². The van der Waals surface area contributed by atoms with Crippen LogP contribution in [0.1, 0.15) is 11.3 Å². The van der Waals surface area contributed by atoms with Crippen molar-refractivity contribution in [3.63, 3.8) is 0 Å². The number of aryl methyl sites for hydroxylation is 1. The molecule has 0 atom stereocenters. The molecule has 2 heterocycles. The van der Waals surface area contributed by atoms with E-state index in [4.69, 9.17) is 19.9 Å². The van der Waals surface area contributed by atoms with Gasteiger partial charge in [-0.2, -0.15) is 4.98 Å². The number of rotatable bonds is 8. The first-order chi connectivity index (χ1) is 9.70. The normalized spacial score (nSPS) is 11.1. The standard InChI is InChI=1S/C13H19N3O3S/c1-9-8-10-11(15-13(14)16-12(10)20-9)19-5-3-4-18-7-6-17-2/h8H,3-7H2,1-2H3,(H2,14,15,16). The van der Waals surface area contributed by atoms with Gasteiger partial charge >= 0.3 is 0 Å². The summed E-state index contributed by atoms with van der Waals surface area (Å²) in [6.07, 6.45) is 0.790. The summed E-state index contributed by atoms with van der Waals surface area (Å²) in [6.45, 7) is 4.40. The van der Waals surface area contributed by atoms with E-state index in [2.05, 4.69) is 9.97 Å². The molecule has 7 heteroatoms. The SMILES string of the molecule is COCCOCCCOc1nc(N)nc2sc(C)cc12. The molecule has 0 aromatic carbocycles. The fourth-order valence-electron chi connectivity index (χ4n) is 1.72. The zero-order valence-corrected chi connectivity index (χ0v) is 12.5. The average molecular weight is 297 g/mol. The molecule has 0 bridgehead atoms. The molecule has 20 heavy (non-hydrogen) atoms. The Morgan fingerprint density at radius 1 is 1.20 bits per heavy atom. The first-order valence-corrected chi connectivity index (χ1v) is 7.25. The highest BCUT2D eigenvalue weighted by Crippen LogP contribution is 2.30. The summed E-state index contributed by atoms with van der Waals surface area (Å²) in [7, 11) is 1.65. The van der Waals surface area contributed by atoms with E-state index >= 15 is 0 Å². The van der Waals surface area contributed by atoms with Crippen LogP contribution in [-0.4, -0.2) is 43.5 Å². The lowest BCUT2D eigenvalue weighted by molar-refractivity contribution is 0.0643. The lowest BCUT2D eigenvalue weighted by Gasteiger charge is -2.07. The summed E-state index contributed by atoms with van der Waals surface area (Å²) in [6, 6.07) is 2.02. The molecule has 0 saturated heterocycles. The second-order valence-corrected chi connectivity index (χ2v) is 5.50. The molecule has 6 nitrogen and oxygen atoms in total. The lowest BCUT2D eigenvalue weighted by atomic mass is 10.3. The number of nitrogens with zero attached hydrogens (tertiary/aromatic N) is 2. The Kier molecular flexibility index (Phi) is 5.51. The van der Waals surface area contributed by atoms with Crippen LogP contribution in [0, 0.1) is 6.92 Å². The number of hydrogen-bond donors (Lipinski definition) is 1. The summed E-state index contributed by atoms with van der Waals surface area (Å²) in [5.74, 6) is 0.791. The van der Waals surface area contributed by atoms with Crippen molar-refractivity contribution in [3.05, 3.63) is 10.9 Å². The van der Waals surface area contributed by atoms with Crippen molar-refractivity contribution in [2.45, 2.75) is 13.3 Å². The third-order valence-electron chi connectivity index (χ3n) is 2.60. The van der Waals surface area contributed by atoms with Gasteiger partial charge in [0.05, 0.1) is 25.2 Å². The fraction of sp³-hybridized carbons (Fsp3) is 0.538. The fourth-order valence-corrected chi connectivity index (χ4v) is 2.59. The molecular formula is C13H19N3O3S. The van der Waals surface area contributed by atoms with E-state index in [0.29, 0.717) is 32.3 Å². The van der Waals surface area contributed by atoms with Crippen molar-refractivity contribution in [3.8, 4) is 5.88 Å². The van der Waals surface area contributed by atoms with Gasteiger partial charge < -0.3 is 19.9 Å². The van der Waals surface area contributed by atoms with Crippen LogP contribution in [-0.2, 0) is 9.47 Å². The number of nitrogen functional groups attached to an aromatic ring is 1. The van der Waals surface area contributed by atoms with Crippen LogP contribution in [0.15, 0.2) is 6.07 Å². The third kappa shape index (κ3) is 4.03. The van der Waals surface area contributed by atoms with Crippen molar-refractivity contribution in [2.24, 2.45) is 0 Å². The van der Waals surface area contributed by atoms with Gasteiger partial charge in [-0.1, -0.05) is 0 Å². The molecule has 0 spiro atoms. The van der Waals surface area contributed by atoms with Crippen LogP contribution >= 0.6 is 11.3 Å². The van der Waals surface area contributed by atoms with E-state index in [-0.39, 0.29) is 5.95 Å². The molecule has 0 unspecified atom stereocenters. The minimum atomic E-state index is 0.241. The summed E-state index contributed by atoms with van der Waals surface area (Å²) >= 11 is 1.58. The van der Waals surface area contributed by atoms with Gasteiger partial charge in [0.25, 0.3) is 0 Å². The van der Waals surface area contributed by atoms with E-state index in [1.54, 1.807) is 18.4 Å². The molecule has 0 saturated carbocycles. The number of nitrogens with two attached hydrogens (primary N) is 1. The van der Waals surface area contributed by atoms with Gasteiger partial charge in [-0.3, -0.25) is 0 Å². The van der Waals surface area contributed by atoms with Crippen molar-refractivity contribution in [1.82, 2.24) is 9.97 Å². The predicted molar refractivity (Wildman–Crippen MR) is 79.4 cm³/mol. The molecule has 2 aromatic rings. The monoisotopic (exact) mass is 297 g/mol. The van der Waals surface area contributed by atoms with Crippen molar-refractivity contribution >= 4 is 27.5 Å². The zero-order valence-electron chi connectivity index (χ0n) is 11.7. The molecule has 2 aromatic heterocycles. The molecule has 0 aliphatic heterocycles. The Bertz CT molecular complexity index is 559. The third-order valence-corrected chi connectivity index (χ3v) is 3.55. The Balaban J connectivity index is 1.86. The molecular weight excluding hydrogens is 278 g/mol. The number of thiophene rings is 1. The van der Waals surface area contributed by atoms with Crippen molar-refractivity contribution in [1.29, 1.82) is 0 Å². The molecule has 0 fully saturated rings. The Hall–Kier alpha value is -1.44. The van der Waals surface area contributed by atoms with E-state index in [9.17, 15) is 0 Å². The first-order valence-electron chi connectivity index (χ1n) is 6.44. The topological polar surface area (TPSA) is 79.5 Å². The average Bonchev–Trinajstić information content (AvgIpc) is 2.77. The Labute approximate surface area is 121 Å². The highest BCUT2D eigenvalue weighted by atomic mass is 32.1. The van der Waals surface area contributed by atoms with Crippen LogP contribution in [0.5, 0.6) is 5.88 Å². The number of fused-ring (bicyclic) bond motifs is 1. The van der Waals surface area contributed by atoms with Crippen molar-refractivity contribution in [2.75, 3.05) is 39.3 Å². The van der Waals surface area contributed by atoms with Gasteiger partial charge in [-0.05, 0) is 13.0 Å². The van der Waals surface area contributed by atoms with Gasteiger partial charge in [0.1, 0.15) is 4.83 Å². The van der Waals surface area contributed by atoms with Gasteiger partial charge in [-0.25, -0.2) is 4.98 Å². The van der Waals surface area contributed by atoms with E-state index < -0.39 is 0 Å². The summed E-state index contributed by atoms with van der Waals surface area (Å²) in [5.41, 5.74) is 5.69. The maximum absolute atomic E-state index is 5.69. The van der Waals surface area contributed by atoms with E-state index in [1.807, 2.05) is 13.0 Å². The van der Waals surface area contributed by atoms with Gasteiger partial charge in [0.15, 0.2) is 0 Å². The van der Waals surface area contributed by atoms with Crippen LogP contribution in [0.3, 0.4) is 0 Å². The first kappa shape index (κ1) is 15.0. The molecule has 0 amide bonds. The highest BCUT2D eigenvalue weighted by molar-refractivity contribution is 7.18. The van der Waals surface area contributed by atoms with Crippen molar-refractivity contribution < 1.29 is 14.2 Å². The van der Waals surface area contributed by atoms with Crippen LogP contribution in [0.2, 0.25) is 0 Å². The zero-order chi connectivity index (χ0) is 14.4. The van der Waals surface area contributed by atoms with Gasteiger partial charge in [-0.15, -0.1) is 11.3 Å². The van der Waals surface area contributed by atoms with E-state index in [0.717, 1.165) is 21.5 Å². The number of anilines is 1. The number of hydrogen-bond acceptors (Lipinski definition) is 7. The highest BCUT2D eigenvalue weighted by Gasteiger charge is 2.10. The second kappa shape index (κ2) is 7.37. The van der Waals surface area contributed by atoms with Crippen LogP contribution < -0.4 is 10.5 Å². The largest absolute Gasteiger partial charge is 0.477 e. The molecule has 2 N–H and O–H groups in total. The minimum Gasteiger partial charge on any atom is -0.477 e. The number of ether oxygens (including phenoxy) is 3. The number of methoxy groups -OCH3 is 1. The van der Waals surface area contributed by atoms with Crippen LogP contribution in [0.4, 0.5) is 5.95 Å². The summed E-state index contributed by atoms with van der Waals surface area (Å²) < 4.78 is 15.9. The summed E-state index contributed by atoms with van der Waals surface area (Å²) in [4.78, 5) is 10.4. The molecule has 2 rings (SSSR count). The Morgan fingerprint density at radius 3 is 2.85 bits per heavy atom. The number of aromatic nitrogens is 2. The molecule has 110 valence electrons. The van der Waals surface area contributed by atoms with E-state index in [1.165, 1.54) is 0 Å². The minimum absolute atomic E-state index is 0.241. The van der Waals surface area contributed by atoms with Gasteiger partial charge in [0.2, 0.25) is 11.8 Å². The molecule has 0 radical (unpaired) electrons. The maximum Gasteiger partial charge on any atom is 0.227 e. The molecule has 0 aliphatic carbocycles.